The van der Waals surface area contributed by atoms with Gasteiger partial charge in [0.15, 0.2) is 0 Å². The molecule has 5 heteroatoms. The molecule has 2 unspecified atom stereocenters. The van der Waals surface area contributed by atoms with E-state index in [2.05, 4.69) is 10.4 Å². The number of hydrogen-bond acceptors (Lipinski definition) is 4. The molecule has 3 aromatic rings. The highest BCUT2D eigenvalue weighted by atomic mass is 16.3. The van der Waals surface area contributed by atoms with E-state index < -0.39 is 5.92 Å². The molecule has 4 rings (SSSR count). The smallest absolute Gasteiger partial charge is 0.258 e. The number of amides is 1. The van der Waals surface area contributed by atoms with Gasteiger partial charge in [-0.25, -0.2) is 5.01 Å². The van der Waals surface area contributed by atoms with Crippen LogP contribution in [0.2, 0.25) is 0 Å². The van der Waals surface area contributed by atoms with Crippen LogP contribution in [0.4, 0.5) is 11.4 Å². The molecule has 0 saturated heterocycles. The monoisotopic (exact) mass is 371 g/mol. The van der Waals surface area contributed by atoms with Gasteiger partial charge in [0, 0.05) is 5.69 Å². The van der Waals surface area contributed by atoms with Crippen LogP contribution in [-0.4, -0.2) is 16.7 Å². The summed E-state index contributed by atoms with van der Waals surface area (Å²) in [4.78, 5) is 13.3. The summed E-state index contributed by atoms with van der Waals surface area (Å²) in [6.45, 7) is 1.88. The number of aromatic hydroxyl groups is 1. The fraction of sp³-hybridized carbons (Fsp3) is 0.130. The highest BCUT2D eigenvalue weighted by molar-refractivity contribution is 6.15. The van der Waals surface area contributed by atoms with Crippen LogP contribution in [0, 0.1) is 5.92 Å². The van der Waals surface area contributed by atoms with Gasteiger partial charge in [-0.05, 0) is 48.9 Å². The normalized spacial score (nSPS) is 17.3. The van der Waals surface area contributed by atoms with Crippen molar-refractivity contribution in [2.45, 2.75) is 13.0 Å². The van der Waals surface area contributed by atoms with E-state index in [1.54, 1.807) is 12.1 Å². The van der Waals surface area contributed by atoms with Gasteiger partial charge in [-0.3, -0.25) is 4.79 Å². The maximum absolute atomic E-state index is 13.3. The molecule has 0 radical (unpaired) electrons. The van der Waals surface area contributed by atoms with Gasteiger partial charge in [-0.1, -0.05) is 48.5 Å². The Morgan fingerprint density at radius 3 is 2.18 bits per heavy atom. The Hall–Kier alpha value is -3.60. The number of hydrazone groups is 1. The number of rotatable bonds is 5. The summed E-state index contributed by atoms with van der Waals surface area (Å²) >= 11 is 0. The standard InChI is InChI=1S/C23H21N3O2/c1-16-21(23(28)26(25-16)19-10-6-3-7-11-19)22(17-12-14-20(27)15-13-17)24-18-8-4-2-5-9-18/h2-15,21-22,24,27H,1H3. The van der Waals surface area contributed by atoms with Crippen molar-refractivity contribution in [2.75, 3.05) is 10.3 Å². The Bertz CT molecular complexity index is 985. The number of phenols is 1. The van der Waals surface area contributed by atoms with Crippen molar-refractivity contribution in [3.05, 3.63) is 90.5 Å². The lowest BCUT2D eigenvalue weighted by Crippen LogP contribution is -2.34. The summed E-state index contributed by atoms with van der Waals surface area (Å²) in [6.07, 6.45) is 0. The van der Waals surface area contributed by atoms with Gasteiger partial charge in [0.05, 0.1) is 17.4 Å². The molecular formula is C23H21N3O2. The molecule has 2 atom stereocenters. The van der Waals surface area contributed by atoms with E-state index in [9.17, 15) is 9.90 Å². The van der Waals surface area contributed by atoms with Crippen LogP contribution in [0.15, 0.2) is 90.0 Å². The molecule has 3 aromatic carbocycles. The third kappa shape index (κ3) is 3.47. The van der Waals surface area contributed by atoms with Crippen molar-refractivity contribution in [1.29, 1.82) is 0 Å². The van der Waals surface area contributed by atoms with Gasteiger partial charge in [0.1, 0.15) is 11.7 Å². The maximum Gasteiger partial charge on any atom is 0.258 e. The fourth-order valence-corrected chi connectivity index (χ4v) is 3.47. The SMILES string of the molecule is CC1=NN(c2ccccc2)C(=O)C1C(Nc1ccccc1)c1ccc(O)cc1. The third-order valence-corrected chi connectivity index (χ3v) is 4.86. The van der Waals surface area contributed by atoms with Crippen LogP contribution >= 0.6 is 0 Å². The third-order valence-electron chi connectivity index (χ3n) is 4.86. The summed E-state index contributed by atoms with van der Waals surface area (Å²) < 4.78 is 0. The predicted octanol–water partition coefficient (Wildman–Crippen LogP) is 4.58. The largest absolute Gasteiger partial charge is 0.508 e. The van der Waals surface area contributed by atoms with Crippen LogP contribution < -0.4 is 10.3 Å². The fourth-order valence-electron chi connectivity index (χ4n) is 3.47. The molecule has 1 aliphatic rings. The lowest BCUT2D eigenvalue weighted by Gasteiger charge is -2.26. The number of para-hydroxylation sites is 2. The van der Waals surface area contributed by atoms with Crippen molar-refractivity contribution >= 4 is 23.0 Å². The minimum Gasteiger partial charge on any atom is -0.508 e. The molecule has 0 aromatic heterocycles. The summed E-state index contributed by atoms with van der Waals surface area (Å²) in [7, 11) is 0. The van der Waals surface area contributed by atoms with Crippen molar-refractivity contribution in [2.24, 2.45) is 11.0 Å². The maximum atomic E-state index is 13.3. The molecule has 1 amide bonds. The number of anilines is 2. The van der Waals surface area contributed by atoms with E-state index in [4.69, 9.17) is 0 Å². The molecule has 0 bridgehead atoms. The molecule has 0 saturated carbocycles. The first-order chi connectivity index (χ1) is 13.6. The number of carbonyl (C=O) groups excluding carboxylic acids is 1. The summed E-state index contributed by atoms with van der Waals surface area (Å²) in [5.74, 6) is -0.341. The first-order valence-electron chi connectivity index (χ1n) is 9.18. The quantitative estimate of drug-likeness (QED) is 0.690. The molecule has 5 nitrogen and oxygen atoms in total. The average molecular weight is 371 g/mol. The van der Waals surface area contributed by atoms with Gasteiger partial charge >= 0.3 is 0 Å². The summed E-state index contributed by atoms with van der Waals surface area (Å²) in [5, 5.41) is 19.2. The predicted molar refractivity (Wildman–Crippen MR) is 111 cm³/mol. The van der Waals surface area contributed by atoms with Crippen molar-refractivity contribution in [3.63, 3.8) is 0 Å². The molecule has 140 valence electrons. The van der Waals surface area contributed by atoms with Gasteiger partial charge in [-0.2, -0.15) is 5.10 Å². The second-order valence-corrected chi connectivity index (χ2v) is 6.78. The van der Waals surface area contributed by atoms with E-state index in [0.717, 1.165) is 22.6 Å². The Labute approximate surface area is 163 Å². The number of nitrogens with one attached hydrogen (secondary N) is 1. The topological polar surface area (TPSA) is 64.9 Å². The molecular weight excluding hydrogens is 350 g/mol. The van der Waals surface area contributed by atoms with Gasteiger partial charge in [-0.15, -0.1) is 0 Å². The molecule has 0 fully saturated rings. The highest BCUT2D eigenvalue weighted by Crippen LogP contribution is 2.35. The number of phenolic OH excluding ortho intramolecular Hbond substituents is 1. The molecule has 1 heterocycles. The van der Waals surface area contributed by atoms with Crippen molar-refractivity contribution < 1.29 is 9.90 Å². The van der Waals surface area contributed by atoms with E-state index >= 15 is 0 Å². The molecule has 0 aliphatic carbocycles. The number of hydrogen-bond donors (Lipinski definition) is 2. The lowest BCUT2D eigenvalue weighted by atomic mass is 9.89. The zero-order valence-electron chi connectivity index (χ0n) is 15.5. The van der Waals surface area contributed by atoms with Crippen LogP contribution in [-0.2, 0) is 4.79 Å². The van der Waals surface area contributed by atoms with E-state index in [0.29, 0.717) is 0 Å². The van der Waals surface area contributed by atoms with Gasteiger partial charge in [0.25, 0.3) is 5.91 Å². The molecule has 2 N–H and O–H groups in total. The molecule has 0 spiro atoms. The van der Waals surface area contributed by atoms with Crippen molar-refractivity contribution in [3.8, 4) is 5.75 Å². The first kappa shape index (κ1) is 17.8. The Kier molecular flexibility index (Phi) is 4.81. The van der Waals surface area contributed by atoms with Crippen LogP contribution in [0.3, 0.4) is 0 Å². The highest BCUT2D eigenvalue weighted by Gasteiger charge is 2.40. The van der Waals surface area contributed by atoms with Gasteiger partial charge in [0.2, 0.25) is 0 Å². The minimum atomic E-state index is -0.454. The Morgan fingerprint density at radius 2 is 1.54 bits per heavy atom. The summed E-state index contributed by atoms with van der Waals surface area (Å²) in [6, 6.07) is 25.8. The number of carbonyl (C=O) groups is 1. The second-order valence-electron chi connectivity index (χ2n) is 6.78. The van der Waals surface area contributed by atoms with Crippen LogP contribution in [0.5, 0.6) is 5.75 Å². The Morgan fingerprint density at radius 1 is 0.929 bits per heavy atom. The lowest BCUT2D eigenvalue weighted by molar-refractivity contribution is -0.120. The zero-order chi connectivity index (χ0) is 19.5. The second kappa shape index (κ2) is 7.56. The zero-order valence-corrected chi connectivity index (χ0v) is 15.5. The van der Waals surface area contributed by atoms with E-state index in [-0.39, 0.29) is 17.7 Å². The molecule has 28 heavy (non-hydrogen) atoms. The Balaban J connectivity index is 1.71. The average Bonchev–Trinajstić information content (AvgIpc) is 3.02. The van der Waals surface area contributed by atoms with E-state index in [1.807, 2.05) is 79.7 Å². The van der Waals surface area contributed by atoms with Crippen LogP contribution in [0.25, 0.3) is 0 Å². The minimum absolute atomic E-state index is 0.0785. The number of nitrogens with zero attached hydrogens (tertiary/aromatic N) is 2. The number of benzene rings is 3. The van der Waals surface area contributed by atoms with Crippen molar-refractivity contribution in [1.82, 2.24) is 0 Å². The first-order valence-corrected chi connectivity index (χ1v) is 9.18. The summed E-state index contributed by atoms with van der Waals surface area (Å²) in [5.41, 5.74) is 3.32. The molecule has 1 aliphatic heterocycles. The van der Waals surface area contributed by atoms with Gasteiger partial charge < -0.3 is 10.4 Å². The van der Waals surface area contributed by atoms with E-state index in [1.165, 1.54) is 5.01 Å². The van der Waals surface area contributed by atoms with Crippen LogP contribution in [0.1, 0.15) is 18.5 Å².